The van der Waals surface area contributed by atoms with Crippen molar-refractivity contribution in [3.63, 3.8) is 0 Å². The Kier molecular flexibility index (Phi) is 4.76. The Morgan fingerprint density at radius 1 is 1.04 bits per heavy atom. The number of anilines is 2. The van der Waals surface area contributed by atoms with Crippen LogP contribution in [0.4, 0.5) is 11.5 Å². The molecule has 0 unspecified atom stereocenters. The number of sulfonamides is 1. The van der Waals surface area contributed by atoms with Gasteiger partial charge in [0.2, 0.25) is 0 Å². The molecule has 1 heterocycles. The van der Waals surface area contributed by atoms with Crippen LogP contribution in [0, 0.1) is 13.8 Å². The lowest BCUT2D eigenvalue weighted by atomic mass is 10.1. The SMILES string of the molecule is Cc1ccc(S(=O)(=O)Nc2ccc(NC3CCCC3)nc2)cc1C. The molecule has 1 aromatic carbocycles. The largest absolute Gasteiger partial charge is 0.367 e. The predicted molar refractivity (Wildman–Crippen MR) is 96.8 cm³/mol. The van der Waals surface area contributed by atoms with E-state index in [1.807, 2.05) is 26.0 Å². The quantitative estimate of drug-likeness (QED) is 0.863. The van der Waals surface area contributed by atoms with Gasteiger partial charge in [0.25, 0.3) is 10.0 Å². The van der Waals surface area contributed by atoms with Crippen molar-refractivity contribution in [1.82, 2.24) is 4.98 Å². The van der Waals surface area contributed by atoms with Gasteiger partial charge in [-0.05, 0) is 62.1 Å². The normalized spacial score (nSPS) is 15.4. The van der Waals surface area contributed by atoms with E-state index in [-0.39, 0.29) is 4.90 Å². The summed E-state index contributed by atoms with van der Waals surface area (Å²) in [5.74, 6) is 0.788. The lowest BCUT2D eigenvalue weighted by molar-refractivity contribution is 0.601. The molecule has 1 saturated carbocycles. The van der Waals surface area contributed by atoms with Gasteiger partial charge in [0.15, 0.2) is 0 Å². The number of nitrogens with zero attached hydrogens (tertiary/aromatic N) is 1. The second kappa shape index (κ2) is 6.81. The monoisotopic (exact) mass is 345 g/mol. The third-order valence-electron chi connectivity index (χ3n) is 4.51. The molecule has 2 aromatic rings. The van der Waals surface area contributed by atoms with Gasteiger partial charge in [0, 0.05) is 6.04 Å². The number of hydrogen-bond acceptors (Lipinski definition) is 4. The molecule has 0 atom stereocenters. The molecule has 128 valence electrons. The lowest BCUT2D eigenvalue weighted by Crippen LogP contribution is -2.16. The molecule has 1 aromatic heterocycles. The van der Waals surface area contributed by atoms with Crippen molar-refractivity contribution < 1.29 is 8.42 Å². The molecule has 2 N–H and O–H groups in total. The Bertz CT molecular complexity index is 811. The highest BCUT2D eigenvalue weighted by Crippen LogP contribution is 2.23. The summed E-state index contributed by atoms with van der Waals surface area (Å²) in [5, 5.41) is 3.39. The number of aryl methyl sites for hydroxylation is 2. The van der Waals surface area contributed by atoms with E-state index in [2.05, 4.69) is 15.0 Å². The van der Waals surface area contributed by atoms with E-state index in [0.29, 0.717) is 11.7 Å². The van der Waals surface area contributed by atoms with E-state index in [9.17, 15) is 8.42 Å². The highest BCUT2D eigenvalue weighted by atomic mass is 32.2. The standard InChI is InChI=1S/C18H23N3O2S/c1-13-7-9-17(11-14(13)2)24(22,23)21-16-8-10-18(19-12-16)20-15-5-3-4-6-15/h7-12,15,21H,3-6H2,1-2H3,(H,19,20). The minimum Gasteiger partial charge on any atom is -0.367 e. The van der Waals surface area contributed by atoms with Crippen molar-refractivity contribution in [2.24, 2.45) is 0 Å². The smallest absolute Gasteiger partial charge is 0.261 e. The molecule has 0 aliphatic heterocycles. The van der Waals surface area contributed by atoms with Gasteiger partial charge < -0.3 is 5.32 Å². The van der Waals surface area contributed by atoms with Crippen LogP contribution in [-0.4, -0.2) is 19.4 Å². The van der Waals surface area contributed by atoms with Crippen molar-refractivity contribution in [1.29, 1.82) is 0 Å². The zero-order valence-corrected chi connectivity index (χ0v) is 14.9. The predicted octanol–water partition coefficient (Wildman–Crippen LogP) is 3.85. The molecule has 0 spiro atoms. The molecular formula is C18H23N3O2S. The first-order valence-electron chi connectivity index (χ1n) is 8.27. The number of rotatable bonds is 5. The molecule has 3 rings (SSSR count). The van der Waals surface area contributed by atoms with Crippen LogP contribution in [0.15, 0.2) is 41.4 Å². The second-order valence-electron chi connectivity index (χ2n) is 6.41. The van der Waals surface area contributed by atoms with E-state index in [1.165, 1.54) is 25.7 Å². The van der Waals surface area contributed by atoms with Crippen LogP contribution in [0.3, 0.4) is 0 Å². The van der Waals surface area contributed by atoms with Gasteiger partial charge in [-0.15, -0.1) is 0 Å². The maximum Gasteiger partial charge on any atom is 0.261 e. The van der Waals surface area contributed by atoms with Gasteiger partial charge in [-0.25, -0.2) is 13.4 Å². The summed E-state index contributed by atoms with van der Waals surface area (Å²) in [6.07, 6.45) is 6.40. The van der Waals surface area contributed by atoms with Crippen LogP contribution in [0.25, 0.3) is 0 Å². The Hall–Kier alpha value is -2.08. The van der Waals surface area contributed by atoms with Crippen molar-refractivity contribution >= 4 is 21.5 Å². The van der Waals surface area contributed by atoms with Crippen LogP contribution in [0.1, 0.15) is 36.8 Å². The van der Waals surface area contributed by atoms with Gasteiger partial charge in [-0.1, -0.05) is 18.9 Å². The first-order chi connectivity index (χ1) is 11.4. The Morgan fingerprint density at radius 2 is 1.79 bits per heavy atom. The summed E-state index contributed by atoms with van der Waals surface area (Å²) in [6, 6.07) is 9.15. The Morgan fingerprint density at radius 3 is 2.42 bits per heavy atom. The molecule has 1 aliphatic carbocycles. The lowest BCUT2D eigenvalue weighted by Gasteiger charge is -2.13. The summed E-state index contributed by atoms with van der Waals surface area (Å²) in [4.78, 5) is 4.58. The topological polar surface area (TPSA) is 71.1 Å². The first kappa shape index (κ1) is 16.8. The maximum atomic E-state index is 12.5. The van der Waals surface area contributed by atoms with Gasteiger partial charge in [0.05, 0.1) is 16.8 Å². The molecule has 0 bridgehead atoms. The molecule has 5 nitrogen and oxygen atoms in total. The highest BCUT2D eigenvalue weighted by molar-refractivity contribution is 7.92. The zero-order chi connectivity index (χ0) is 17.2. The minimum absolute atomic E-state index is 0.263. The number of aromatic nitrogens is 1. The van der Waals surface area contributed by atoms with Crippen molar-refractivity contribution in [3.8, 4) is 0 Å². The number of nitrogens with one attached hydrogen (secondary N) is 2. The summed E-state index contributed by atoms with van der Waals surface area (Å²) < 4.78 is 27.5. The summed E-state index contributed by atoms with van der Waals surface area (Å²) in [5.41, 5.74) is 2.48. The third kappa shape index (κ3) is 3.87. The van der Waals surface area contributed by atoms with Crippen LogP contribution < -0.4 is 10.0 Å². The molecule has 1 aliphatic rings. The van der Waals surface area contributed by atoms with Gasteiger partial charge in [-0.3, -0.25) is 4.72 Å². The second-order valence-corrected chi connectivity index (χ2v) is 8.09. The minimum atomic E-state index is -3.60. The van der Waals surface area contributed by atoms with E-state index < -0.39 is 10.0 Å². The fourth-order valence-electron chi connectivity index (χ4n) is 2.91. The molecule has 6 heteroatoms. The maximum absolute atomic E-state index is 12.5. The van der Waals surface area contributed by atoms with Crippen LogP contribution >= 0.6 is 0 Å². The summed E-state index contributed by atoms with van der Waals surface area (Å²) in [6.45, 7) is 3.86. The van der Waals surface area contributed by atoms with E-state index in [4.69, 9.17) is 0 Å². The van der Waals surface area contributed by atoms with Crippen LogP contribution in [0.5, 0.6) is 0 Å². The van der Waals surface area contributed by atoms with Crippen molar-refractivity contribution in [2.75, 3.05) is 10.0 Å². The Balaban J connectivity index is 1.71. The molecule has 0 amide bonds. The molecule has 24 heavy (non-hydrogen) atoms. The number of benzene rings is 1. The van der Waals surface area contributed by atoms with E-state index in [0.717, 1.165) is 16.9 Å². The first-order valence-corrected chi connectivity index (χ1v) is 9.75. The summed E-state index contributed by atoms with van der Waals surface area (Å²) >= 11 is 0. The fraction of sp³-hybridized carbons (Fsp3) is 0.389. The third-order valence-corrected chi connectivity index (χ3v) is 5.89. The van der Waals surface area contributed by atoms with Crippen LogP contribution in [-0.2, 0) is 10.0 Å². The molecular weight excluding hydrogens is 322 g/mol. The molecule has 0 saturated heterocycles. The van der Waals surface area contributed by atoms with Gasteiger partial charge in [0.1, 0.15) is 5.82 Å². The molecule has 0 radical (unpaired) electrons. The van der Waals surface area contributed by atoms with E-state index >= 15 is 0 Å². The molecule has 1 fully saturated rings. The summed E-state index contributed by atoms with van der Waals surface area (Å²) in [7, 11) is -3.60. The zero-order valence-electron chi connectivity index (χ0n) is 14.0. The van der Waals surface area contributed by atoms with E-state index in [1.54, 1.807) is 24.4 Å². The highest BCUT2D eigenvalue weighted by Gasteiger charge is 2.16. The number of hydrogen-bond donors (Lipinski definition) is 2. The average molecular weight is 345 g/mol. The number of pyridine rings is 1. The fourth-order valence-corrected chi connectivity index (χ4v) is 4.04. The Labute approximate surface area is 143 Å². The van der Waals surface area contributed by atoms with Gasteiger partial charge >= 0.3 is 0 Å². The average Bonchev–Trinajstić information content (AvgIpc) is 3.04. The van der Waals surface area contributed by atoms with Crippen molar-refractivity contribution in [3.05, 3.63) is 47.7 Å². The van der Waals surface area contributed by atoms with Crippen LogP contribution in [0.2, 0.25) is 0 Å². The van der Waals surface area contributed by atoms with Crippen molar-refractivity contribution in [2.45, 2.75) is 50.5 Å². The van der Waals surface area contributed by atoms with Gasteiger partial charge in [-0.2, -0.15) is 0 Å².